The van der Waals surface area contributed by atoms with Crippen LogP contribution in [-0.2, 0) is 23.1 Å². The Balaban J connectivity index is 2.05. The molecule has 8 heteroatoms. The molecule has 0 heterocycles. The smallest absolute Gasteiger partial charge is 0.238 e. The standard InChI is InChI=1S/C17H21FN4O2S/c1-2-20-17(21-11-13-5-3-7-15(18)9-13)22-12-14-6-4-8-16(10-14)25(19,23)24/h3-10H,2,11-12H2,1H3,(H2,19,23,24)(H2,20,21,22). The SMILES string of the molecule is CCNC(=NCc1cccc(F)c1)NCc1cccc(S(N)(=O)=O)c1. The number of nitrogens with zero attached hydrogens (tertiary/aromatic N) is 1. The van der Waals surface area contributed by atoms with E-state index in [0.717, 1.165) is 11.1 Å². The largest absolute Gasteiger partial charge is 0.357 e. The van der Waals surface area contributed by atoms with Crippen LogP contribution in [0.4, 0.5) is 4.39 Å². The fraction of sp³-hybridized carbons (Fsp3) is 0.235. The minimum atomic E-state index is -3.73. The highest BCUT2D eigenvalue weighted by molar-refractivity contribution is 7.89. The van der Waals surface area contributed by atoms with E-state index in [0.29, 0.717) is 25.6 Å². The summed E-state index contributed by atoms with van der Waals surface area (Å²) in [7, 11) is -3.73. The average Bonchev–Trinajstić information content (AvgIpc) is 2.57. The van der Waals surface area contributed by atoms with Gasteiger partial charge in [0, 0.05) is 13.1 Å². The summed E-state index contributed by atoms with van der Waals surface area (Å²) < 4.78 is 36.0. The predicted octanol–water partition coefficient (Wildman–Crippen LogP) is 1.73. The first kappa shape index (κ1) is 18.9. The first-order valence-corrected chi connectivity index (χ1v) is 9.31. The maximum Gasteiger partial charge on any atom is 0.238 e. The molecule has 2 aromatic carbocycles. The van der Waals surface area contributed by atoms with Gasteiger partial charge in [-0.3, -0.25) is 0 Å². The molecule has 0 atom stereocenters. The van der Waals surface area contributed by atoms with Crippen molar-refractivity contribution in [2.75, 3.05) is 6.54 Å². The third-order valence-electron chi connectivity index (χ3n) is 3.34. The van der Waals surface area contributed by atoms with Crippen molar-refractivity contribution in [2.24, 2.45) is 10.1 Å². The molecule has 6 nitrogen and oxygen atoms in total. The molecule has 0 aliphatic carbocycles. The second kappa shape index (κ2) is 8.59. The lowest BCUT2D eigenvalue weighted by molar-refractivity contribution is 0.597. The fourth-order valence-electron chi connectivity index (χ4n) is 2.17. The highest BCUT2D eigenvalue weighted by atomic mass is 32.2. The minimum absolute atomic E-state index is 0.0634. The lowest BCUT2D eigenvalue weighted by Crippen LogP contribution is -2.36. The van der Waals surface area contributed by atoms with Gasteiger partial charge in [0.15, 0.2) is 5.96 Å². The summed E-state index contributed by atoms with van der Waals surface area (Å²) >= 11 is 0. The maximum absolute atomic E-state index is 13.2. The number of nitrogens with one attached hydrogen (secondary N) is 2. The molecule has 0 saturated carbocycles. The Kier molecular flexibility index (Phi) is 6.49. The van der Waals surface area contributed by atoms with Crippen molar-refractivity contribution in [3.05, 3.63) is 65.5 Å². The van der Waals surface area contributed by atoms with Gasteiger partial charge < -0.3 is 10.6 Å². The van der Waals surface area contributed by atoms with Crippen LogP contribution >= 0.6 is 0 Å². The maximum atomic E-state index is 13.2. The van der Waals surface area contributed by atoms with Crippen molar-refractivity contribution in [3.63, 3.8) is 0 Å². The van der Waals surface area contributed by atoms with Crippen molar-refractivity contribution in [2.45, 2.75) is 24.9 Å². The van der Waals surface area contributed by atoms with Gasteiger partial charge in [-0.25, -0.2) is 22.9 Å². The number of hydrogen-bond donors (Lipinski definition) is 3. The molecule has 4 N–H and O–H groups in total. The highest BCUT2D eigenvalue weighted by Gasteiger charge is 2.08. The molecule has 0 fully saturated rings. The summed E-state index contributed by atoms with van der Waals surface area (Å²) in [6.07, 6.45) is 0. The molecule has 0 spiro atoms. The molecule has 0 unspecified atom stereocenters. The minimum Gasteiger partial charge on any atom is -0.357 e. The van der Waals surface area contributed by atoms with E-state index in [2.05, 4.69) is 15.6 Å². The van der Waals surface area contributed by atoms with Gasteiger partial charge in [0.05, 0.1) is 11.4 Å². The summed E-state index contributed by atoms with van der Waals surface area (Å²) in [5.41, 5.74) is 1.51. The normalized spacial score (nSPS) is 12.0. The van der Waals surface area contributed by atoms with Gasteiger partial charge in [-0.05, 0) is 42.3 Å². The Morgan fingerprint density at radius 1 is 1.12 bits per heavy atom. The van der Waals surface area contributed by atoms with Crippen LogP contribution < -0.4 is 15.8 Å². The number of nitrogens with two attached hydrogens (primary N) is 1. The van der Waals surface area contributed by atoms with Crippen LogP contribution in [0.5, 0.6) is 0 Å². The molecule has 0 aliphatic heterocycles. The van der Waals surface area contributed by atoms with E-state index >= 15 is 0 Å². The van der Waals surface area contributed by atoms with E-state index in [1.807, 2.05) is 6.92 Å². The predicted molar refractivity (Wildman–Crippen MR) is 95.9 cm³/mol. The van der Waals surface area contributed by atoms with E-state index in [9.17, 15) is 12.8 Å². The second-order valence-corrected chi connectivity index (χ2v) is 6.93. The number of hydrogen-bond acceptors (Lipinski definition) is 3. The zero-order valence-corrected chi connectivity index (χ0v) is 14.7. The van der Waals surface area contributed by atoms with Gasteiger partial charge in [0.2, 0.25) is 10.0 Å². The van der Waals surface area contributed by atoms with Crippen LogP contribution in [0.25, 0.3) is 0 Å². The number of benzene rings is 2. The zero-order chi connectivity index (χ0) is 18.3. The molecule has 0 amide bonds. The average molecular weight is 364 g/mol. The number of primary sulfonamides is 1. The van der Waals surface area contributed by atoms with Crippen LogP contribution in [0.15, 0.2) is 58.4 Å². The second-order valence-electron chi connectivity index (χ2n) is 5.37. The molecule has 134 valence electrons. The number of rotatable bonds is 6. The van der Waals surface area contributed by atoms with Crippen molar-refractivity contribution in [1.82, 2.24) is 10.6 Å². The Labute approximate surface area is 147 Å². The van der Waals surface area contributed by atoms with Gasteiger partial charge >= 0.3 is 0 Å². The van der Waals surface area contributed by atoms with Crippen molar-refractivity contribution >= 4 is 16.0 Å². The summed E-state index contributed by atoms with van der Waals surface area (Å²) in [6.45, 7) is 3.29. The van der Waals surface area contributed by atoms with Crippen LogP contribution in [0, 0.1) is 5.82 Å². The molecule has 2 aromatic rings. The van der Waals surface area contributed by atoms with Crippen LogP contribution in [-0.4, -0.2) is 20.9 Å². The third-order valence-corrected chi connectivity index (χ3v) is 4.25. The summed E-state index contributed by atoms with van der Waals surface area (Å²) in [4.78, 5) is 4.46. The Morgan fingerprint density at radius 2 is 1.84 bits per heavy atom. The van der Waals surface area contributed by atoms with E-state index in [4.69, 9.17) is 5.14 Å². The Morgan fingerprint density at radius 3 is 2.52 bits per heavy atom. The molecular formula is C17H21FN4O2S. The number of halogens is 1. The lowest BCUT2D eigenvalue weighted by atomic mass is 10.2. The molecule has 0 aromatic heterocycles. The number of aliphatic imine (C=N–C) groups is 1. The summed E-state index contributed by atoms with van der Waals surface area (Å²) in [5, 5.41) is 11.3. The van der Waals surface area contributed by atoms with Gasteiger partial charge in [0.1, 0.15) is 5.82 Å². The van der Waals surface area contributed by atoms with Crippen LogP contribution in [0.3, 0.4) is 0 Å². The van der Waals surface area contributed by atoms with Crippen LogP contribution in [0.2, 0.25) is 0 Å². The molecule has 0 radical (unpaired) electrons. The third kappa shape index (κ3) is 6.17. The molecule has 0 aliphatic rings. The van der Waals surface area contributed by atoms with Gasteiger partial charge in [-0.1, -0.05) is 24.3 Å². The van der Waals surface area contributed by atoms with Crippen molar-refractivity contribution < 1.29 is 12.8 Å². The van der Waals surface area contributed by atoms with E-state index in [-0.39, 0.29) is 10.7 Å². The lowest BCUT2D eigenvalue weighted by Gasteiger charge is -2.12. The first-order valence-electron chi connectivity index (χ1n) is 7.77. The quantitative estimate of drug-likeness (QED) is 0.537. The molecule has 0 bridgehead atoms. The van der Waals surface area contributed by atoms with E-state index in [1.165, 1.54) is 24.3 Å². The topological polar surface area (TPSA) is 96.6 Å². The van der Waals surface area contributed by atoms with E-state index < -0.39 is 10.0 Å². The summed E-state index contributed by atoms with van der Waals surface area (Å²) in [5.74, 6) is 0.248. The van der Waals surface area contributed by atoms with E-state index in [1.54, 1.807) is 24.3 Å². The summed E-state index contributed by atoms with van der Waals surface area (Å²) in [6, 6.07) is 12.6. The van der Waals surface area contributed by atoms with Crippen LogP contribution in [0.1, 0.15) is 18.1 Å². The van der Waals surface area contributed by atoms with Gasteiger partial charge in [-0.15, -0.1) is 0 Å². The molecule has 0 saturated heterocycles. The number of guanidine groups is 1. The molecular weight excluding hydrogens is 343 g/mol. The molecule has 25 heavy (non-hydrogen) atoms. The first-order chi connectivity index (χ1) is 11.9. The van der Waals surface area contributed by atoms with Gasteiger partial charge in [0.25, 0.3) is 0 Å². The number of sulfonamides is 1. The monoisotopic (exact) mass is 364 g/mol. The Bertz CT molecular complexity index is 853. The van der Waals surface area contributed by atoms with Crippen molar-refractivity contribution in [1.29, 1.82) is 0 Å². The van der Waals surface area contributed by atoms with Crippen molar-refractivity contribution in [3.8, 4) is 0 Å². The molecule has 2 rings (SSSR count). The fourth-order valence-corrected chi connectivity index (χ4v) is 2.75. The van der Waals surface area contributed by atoms with Gasteiger partial charge in [-0.2, -0.15) is 0 Å². The Hall–Kier alpha value is -2.45. The highest BCUT2D eigenvalue weighted by Crippen LogP contribution is 2.09. The zero-order valence-electron chi connectivity index (χ0n) is 13.9.